The summed E-state index contributed by atoms with van der Waals surface area (Å²) in [7, 11) is 0. The lowest BCUT2D eigenvalue weighted by Crippen LogP contribution is -2.37. The van der Waals surface area contributed by atoms with Crippen molar-refractivity contribution in [3.8, 4) is 5.75 Å². The van der Waals surface area contributed by atoms with Gasteiger partial charge in [-0.3, -0.25) is 0 Å². The molecular formula is C31H42O2. The number of rotatable bonds is 9. The summed E-state index contributed by atoms with van der Waals surface area (Å²) in [6, 6.07) is 17.5. The molecule has 0 saturated heterocycles. The first-order valence-electron chi connectivity index (χ1n) is 13.4. The van der Waals surface area contributed by atoms with Gasteiger partial charge in [-0.05, 0) is 96.4 Å². The van der Waals surface area contributed by atoms with Crippen molar-refractivity contribution in [3.05, 3.63) is 65.2 Å². The van der Waals surface area contributed by atoms with Gasteiger partial charge in [-0.2, -0.15) is 0 Å². The van der Waals surface area contributed by atoms with Crippen LogP contribution in [0.4, 0.5) is 0 Å². The van der Waals surface area contributed by atoms with E-state index in [0.29, 0.717) is 5.92 Å². The first-order valence-corrected chi connectivity index (χ1v) is 13.4. The molecule has 5 atom stereocenters. The first-order chi connectivity index (χ1) is 15.9. The molecule has 3 aliphatic rings. The van der Waals surface area contributed by atoms with Gasteiger partial charge in [0, 0.05) is 6.42 Å². The van der Waals surface area contributed by atoms with Gasteiger partial charge in [-0.15, -0.1) is 0 Å². The Bertz CT molecular complexity index is 905. The highest BCUT2D eigenvalue weighted by molar-refractivity contribution is 5.33. The summed E-state index contributed by atoms with van der Waals surface area (Å²) >= 11 is 0. The number of ether oxygens (including phenoxy) is 2. The van der Waals surface area contributed by atoms with Crippen LogP contribution in [-0.4, -0.2) is 12.4 Å². The van der Waals surface area contributed by atoms with Gasteiger partial charge in [0.25, 0.3) is 0 Å². The number of fused-ring (bicyclic) bond motifs is 3. The van der Waals surface area contributed by atoms with Crippen LogP contribution in [0.25, 0.3) is 0 Å². The van der Waals surface area contributed by atoms with Crippen LogP contribution in [0.1, 0.15) is 88.8 Å². The maximum atomic E-state index is 6.75. The minimum atomic E-state index is -0.201. The fourth-order valence-electron chi connectivity index (χ4n) is 6.99. The molecular weight excluding hydrogens is 404 g/mol. The monoisotopic (exact) mass is 446 g/mol. The summed E-state index contributed by atoms with van der Waals surface area (Å²) in [5.41, 5.74) is 4.49. The molecule has 0 radical (unpaired) electrons. The molecule has 2 fully saturated rings. The summed E-state index contributed by atoms with van der Waals surface area (Å²) in [5.74, 6) is 4.21. The number of hydrogen-bond acceptors (Lipinski definition) is 2. The number of benzene rings is 2. The SMILES string of the molecule is CCC(C)c1ccc(OC(CC(C)(C)C2CC3CCC2C3)OC2Cc3ccccc3C2)cc1. The third-order valence-electron chi connectivity index (χ3n) is 9.12. The molecule has 178 valence electrons. The minimum absolute atomic E-state index is 0.201. The molecule has 5 unspecified atom stereocenters. The average Bonchev–Trinajstić information content (AvgIpc) is 3.54. The van der Waals surface area contributed by atoms with Crippen molar-refractivity contribution in [1.29, 1.82) is 0 Å². The van der Waals surface area contributed by atoms with Crippen molar-refractivity contribution in [2.45, 2.75) is 97.4 Å². The van der Waals surface area contributed by atoms with Crippen LogP contribution in [0.2, 0.25) is 0 Å². The van der Waals surface area contributed by atoms with Crippen LogP contribution >= 0.6 is 0 Å². The summed E-state index contributed by atoms with van der Waals surface area (Å²) in [6.45, 7) is 9.47. The fourth-order valence-corrected chi connectivity index (χ4v) is 6.99. The van der Waals surface area contributed by atoms with Crippen LogP contribution in [0, 0.1) is 23.2 Å². The van der Waals surface area contributed by atoms with E-state index in [1.807, 2.05) is 0 Å². The largest absolute Gasteiger partial charge is 0.465 e. The molecule has 2 aromatic rings. The Labute approximate surface area is 201 Å². The van der Waals surface area contributed by atoms with E-state index < -0.39 is 0 Å². The molecule has 0 amide bonds. The lowest BCUT2D eigenvalue weighted by molar-refractivity contribution is -0.140. The molecule has 0 aliphatic heterocycles. The lowest BCUT2D eigenvalue weighted by Gasteiger charge is -2.40. The molecule has 5 rings (SSSR count). The highest BCUT2D eigenvalue weighted by Gasteiger charge is 2.47. The molecule has 0 N–H and O–H groups in total. The van der Waals surface area contributed by atoms with Crippen LogP contribution in [-0.2, 0) is 17.6 Å². The van der Waals surface area contributed by atoms with Crippen molar-refractivity contribution in [2.75, 3.05) is 0 Å². The molecule has 2 saturated carbocycles. The average molecular weight is 447 g/mol. The molecule has 2 bridgehead atoms. The van der Waals surface area contributed by atoms with E-state index in [2.05, 4.69) is 76.2 Å². The van der Waals surface area contributed by atoms with Gasteiger partial charge in [-0.1, -0.05) is 70.5 Å². The van der Waals surface area contributed by atoms with Gasteiger partial charge >= 0.3 is 0 Å². The number of hydrogen-bond donors (Lipinski definition) is 0. The van der Waals surface area contributed by atoms with Crippen molar-refractivity contribution in [3.63, 3.8) is 0 Å². The topological polar surface area (TPSA) is 18.5 Å². The first kappa shape index (κ1) is 23.0. The Balaban J connectivity index is 1.30. The van der Waals surface area contributed by atoms with Crippen molar-refractivity contribution in [1.82, 2.24) is 0 Å². The zero-order valence-electron chi connectivity index (χ0n) is 21.1. The second kappa shape index (κ2) is 9.45. The Morgan fingerprint density at radius 1 is 0.939 bits per heavy atom. The lowest BCUT2D eigenvalue weighted by atomic mass is 9.68. The molecule has 2 aromatic carbocycles. The molecule has 3 aliphatic carbocycles. The molecule has 2 heteroatoms. The van der Waals surface area contributed by atoms with Crippen molar-refractivity contribution < 1.29 is 9.47 Å². The maximum absolute atomic E-state index is 6.75. The fraction of sp³-hybridized carbons (Fsp3) is 0.613. The summed E-state index contributed by atoms with van der Waals surface area (Å²) in [4.78, 5) is 0. The highest BCUT2D eigenvalue weighted by atomic mass is 16.7. The van der Waals surface area contributed by atoms with Crippen molar-refractivity contribution in [2.24, 2.45) is 23.2 Å². The van der Waals surface area contributed by atoms with E-state index in [1.54, 1.807) is 0 Å². The smallest absolute Gasteiger partial charge is 0.200 e. The summed E-state index contributed by atoms with van der Waals surface area (Å²) in [6.07, 6.45) is 9.87. The molecule has 0 heterocycles. The van der Waals surface area contributed by atoms with Gasteiger partial charge in [0.15, 0.2) is 0 Å². The normalized spacial score (nSPS) is 26.4. The van der Waals surface area contributed by atoms with Gasteiger partial charge < -0.3 is 9.47 Å². The van der Waals surface area contributed by atoms with E-state index in [-0.39, 0.29) is 17.8 Å². The maximum Gasteiger partial charge on any atom is 0.200 e. The highest BCUT2D eigenvalue weighted by Crippen LogP contribution is 2.56. The summed E-state index contributed by atoms with van der Waals surface area (Å²) < 4.78 is 13.3. The Hall–Kier alpha value is -1.80. The van der Waals surface area contributed by atoms with Crippen LogP contribution in [0.3, 0.4) is 0 Å². The van der Waals surface area contributed by atoms with Gasteiger partial charge in [0.1, 0.15) is 5.75 Å². The standard InChI is InChI=1S/C31H42O2/c1-5-21(2)23-12-14-27(15-13-23)32-30(33-28-18-24-8-6-7-9-25(24)19-28)20-31(3,4)29-17-22-10-11-26(29)16-22/h6-9,12-15,21-22,26,28-30H,5,10-11,16-20H2,1-4H3. The predicted octanol–water partition coefficient (Wildman–Crippen LogP) is 7.94. The zero-order valence-corrected chi connectivity index (χ0v) is 21.1. The van der Waals surface area contributed by atoms with Crippen LogP contribution in [0.15, 0.2) is 48.5 Å². The zero-order chi connectivity index (χ0) is 23.0. The third-order valence-corrected chi connectivity index (χ3v) is 9.12. The summed E-state index contributed by atoms with van der Waals surface area (Å²) in [5, 5.41) is 0. The van der Waals surface area contributed by atoms with E-state index >= 15 is 0 Å². The second-order valence-electron chi connectivity index (χ2n) is 11.8. The van der Waals surface area contributed by atoms with Crippen LogP contribution in [0.5, 0.6) is 5.75 Å². The molecule has 0 spiro atoms. The molecule has 0 aromatic heterocycles. The van der Waals surface area contributed by atoms with E-state index in [1.165, 1.54) is 42.4 Å². The Kier molecular flexibility index (Phi) is 6.58. The van der Waals surface area contributed by atoms with E-state index in [4.69, 9.17) is 9.47 Å². The minimum Gasteiger partial charge on any atom is -0.465 e. The molecule has 2 nitrogen and oxygen atoms in total. The third kappa shape index (κ3) is 5.02. The molecule has 33 heavy (non-hydrogen) atoms. The van der Waals surface area contributed by atoms with E-state index in [9.17, 15) is 0 Å². The Morgan fingerprint density at radius 3 is 2.21 bits per heavy atom. The van der Waals surface area contributed by atoms with Crippen molar-refractivity contribution >= 4 is 0 Å². The van der Waals surface area contributed by atoms with Gasteiger partial charge in [-0.25, -0.2) is 0 Å². The second-order valence-corrected chi connectivity index (χ2v) is 11.8. The van der Waals surface area contributed by atoms with Crippen LogP contribution < -0.4 is 4.74 Å². The van der Waals surface area contributed by atoms with Gasteiger partial charge in [0.2, 0.25) is 6.29 Å². The van der Waals surface area contributed by atoms with Gasteiger partial charge in [0.05, 0.1) is 6.10 Å². The van der Waals surface area contributed by atoms with E-state index in [0.717, 1.165) is 49.2 Å². The predicted molar refractivity (Wildman–Crippen MR) is 136 cm³/mol. The Morgan fingerprint density at radius 2 is 1.64 bits per heavy atom. The quantitative estimate of drug-likeness (QED) is 0.364.